The quantitative estimate of drug-likeness (QED) is 0.350. The van der Waals surface area contributed by atoms with Crippen LogP contribution in [-0.2, 0) is 13.0 Å². The maximum absolute atomic E-state index is 5.89. The second-order valence-corrected chi connectivity index (χ2v) is 6.25. The first kappa shape index (κ1) is 18.9. The standard InChI is InChI=1S/C18H22ClN7O/c1-20-18(21-9-2-12-26-13-3-10-23-26)22-11-8-16-24-17(25-27-16)14-4-6-15(19)7-5-14/h3-7,10,13H,2,8-9,11-12H2,1H3,(H2,20,21,22). The third kappa shape index (κ3) is 5.82. The van der Waals surface area contributed by atoms with Crippen LogP contribution in [0.25, 0.3) is 11.4 Å². The Kier molecular flexibility index (Phi) is 6.81. The van der Waals surface area contributed by atoms with Crippen LogP contribution in [0.2, 0.25) is 5.02 Å². The van der Waals surface area contributed by atoms with Crippen molar-refractivity contribution in [2.75, 3.05) is 20.1 Å². The zero-order chi connectivity index (χ0) is 18.9. The van der Waals surface area contributed by atoms with Gasteiger partial charge in [-0.3, -0.25) is 9.67 Å². The van der Waals surface area contributed by atoms with Crippen molar-refractivity contribution in [3.8, 4) is 11.4 Å². The van der Waals surface area contributed by atoms with Gasteiger partial charge in [0.05, 0.1) is 0 Å². The Morgan fingerprint density at radius 3 is 2.78 bits per heavy atom. The zero-order valence-electron chi connectivity index (χ0n) is 15.1. The highest BCUT2D eigenvalue weighted by molar-refractivity contribution is 6.30. The number of aromatic nitrogens is 4. The predicted octanol–water partition coefficient (Wildman–Crippen LogP) is 2.38. The molecule has 0 aliphatic rings. The molecule has 1 aromatic carbocycles. The number of guanidine groups is 1. The molecule has 0 radical (unpaired) electrons. The molecule has 2 aromatic heterocycles. The van der Waals surface area contributed by atoms with Crippen LogP contribution in [0.3, 0.4) is 0 Å². The Hall–Kier alpha value is -2.87. The minimum absolute atomic E-state index is 0.558. The lowest BCUT2D eigenvalue weighted by molar-refractivity contribution is 0.378. The van der Waals surface area contributed by atoms with Crippen LogP contribution in [-0.4, -0.2) is 46.0 Å². The van der Waals surface area contributed by atoms with E-state index in [0.29, 0.717) is 29.7 Å². The lowest BCUT2D eigenvalue weighted by atomic mass is 10.2. The van der Waals surface area contributed by atoms with Gasteiger partial charge < -0.3 is 15.2 Å². The number of nitrogens with one attached hydrogen (secondary N) is 2. The van der Waals surface area contributed by atoms with E-state index in [1.165, 1.54) is 0 Å². The van der Waals surface area contributed by atoms with Gasteiger partial charge in [0.25, 0.3) is 0 Å². The maximum Gasteiger partial charge on any atom is 0.228 e. The molecule has 27 heavy (non-hydrogen) atoms. The SMILES string of the molecule is CN=C(NCCCn1cccn1)NCCc1nc(-c2ccc(Cl)cc2)no1. The summed E-state index contributed by atoms with van der Waals surface area (Å²) in [5.41, 5.74) is 0.872. The van der Waals surface area contributed by atoms with Crippen molar-refractivity contribution < 1.29 is 4.52 Å². The molecule has 9 heteroatoms. The van der Waals surface area contributed by atoms with Gasteiger partial charge >= 0.3 is 0 Å². The van der Waals surface area contributed by atoms with Gasteiger partial charge in [0.1, 0.15) is 0 Å². The summed E-state index contributed by atoms with van der Waals surface area (Å²) in [5.74, 6) is 1.87. The normalized spacial score (nSPS) is 11.6. The van der Waals surface area contributed by atoms with Crippen molar-refractivity contribution in [1.82, 2.24) is 30.6 Å². The van der Waals surface area contributed by atoms with Crippen LogP contribution in [0.4, 0.5) is 0 Å². The fraction of sp³-hybridized carbons (Fsp3) is 0.333. The highest BCUT2D eigenvalue weighted by atomic mass is 35.5. The number of halogens is 1. The van der Waals surface area contributed by atoms with Crippen LogP contribution in [0.15, 0.2) is 52.2 Å². The van der Waals surface area contributed by atoms with Gasteiger partial charge in [-0.2, -0.15) is 10.1 Å². The van der Waals surface area contributed by atoms with E-state index in [-0.39, 0.29) is 0 Å². The van der Waals surface area contributed by atoms with Crippen LogP contribution in [0.5, 0.6) is 0 Å². The van der Waals surface area contributed by atoms with Crippen molar-refractivity contribution in [2.24, 2.45) is 4.99 Å². The summed E-state index contributed by atoms with van der Waals surface area (Å²) in [5, 5.41) is 15.4. The molecule has 0 bridgehead atoms. The number of nitrogens with zero attached hydrogens (tertiary/aromatic N) is 5. The fourth-order valence-electron chi connectivity index (χ4n) is 2.46. The maximum atomic E-state index is 5.89. The Morgan fingerprint density at radius 2 is 2.04 bits per heavy atom. The van der Waals surface area contributed by atoms with Crippen molar-refractivity contribution >= 4 is 17.6 Å². The largest absolute Gasteiger partial charge is 0.356 e. The number of hydrogen-bond donors (Lipinski definition) is 2. The van der Waals surface area contributed by atoms with Crippen LogP contribution in [0, 0.1) is 0 Å². The van der Waals surface area contributed by atoms with Gasteiger partial charge in [0, 0.05) is 56.1 Å². The molecule has 2 N–H and O–H groups in total. The molecule has 142 valence electrons. The molecule has 0 spiro atoms. The first-order valence-electron chi connectivity index (χ1n) is 8.75. The average molecular weight is 388 g/mol. The van der Waals surface area contributed by atoms with E-state index in [4.69, 9.17) is 16.1 Å². The summed E-state index contributed by atoms with van der Waals surface area (Å²) in [6.45, 7) is 2.31. The second-order valence-electron chi connectivity index (χ2n) is 5.82. The van der Waals surface area contributed by atoms with Crippen molar-refractivity contribution in [2.45, 2.75) is 19.4 Å². The Bertz CT molecular complexity index is 843. The van der Waals surface area contributed by atoms with E-state index >= 15 is 0 Å². The van der Waals surface area contributed by atoms with Crippen LogP contribution < -0.4 is 10.6 Å². The number of rotatable bonds is 8. The lowest BCUT2D eigenvalue weighted by Crippen LogP contribution is -2.39. The first-order valence-corrected chi connectivity index (χ1v) is 9.13. The Labute approximate surface area is 162 Å². The molecule has 0 saturated heterocycles. The molecule has 0 aliphatic carbocycles. The van der Waals surface area contributed by atoms with Gasteiger partial charge in [-0.25, -0.2) is 0 Å². The number of aryl methyl sites for hydroxylation is 1. The zero-order valence-corrected chi connectivity index (χ0v) is 15.9. The molecule has 8 nitrogen and oxygen atoms in total. The van der Waals surface area contributed by atoms with E-state index in [1.54, 1.807) is 25.4 Å². The van der Waals surface area contributed by atoms with Crippen molar-refractivity contribution in [1.29, 1.82) is 0 Å². The summed E-state index contributed by atoms with van der Waals surface area (Å²) in [4.78, 5) is 8.61. The summed E-state index contributed by atoms with van der Waals surface area (Å²) >= 11 is 5.89. The third-order valence-electron chi connectivity index (χ3n) is 3.84. The van der Waals surface area contributed by atoms with Gasteiger partial charge in [-0.15, -0.1) is 0 Å². The number of benzene rings is 1. The van der Waals surface area contributed by atoms with Gasteiger partial charge in [0.15, 0.2) is 5.96 Å². The lowest BCUT2D eigenvalue weighted by Gasteiger charge is -2.11. The predicted molar refractivity (Wildman–Crippen MR) is 105 cm³/mol. The van der Waals surface area contributed by atoms with Gasteiger partial charge in [-0.05, 0) is 36.8 Å². The monoisotopic (exact) mass is 387 g/mol. The summed E-state index contributed by atoms with van der Waals surface area (Å²) in [6, 6.07) is 9.26. The molecule has 0 saturated carbocycles. The van der Waals surface area contributed by atoms with E-state index in [0.717, 1.165) is 31.0 Å². The average Bonchev–Trinajstić information content (AvgIpc) is 3.36. The number of hydrogen-bond acceptors (Lipinski definition) is 5. The van der Waals surface area contributed by atoms with E-state index in [2.05, 4.69) is 30.9 Å². The molecule has 0 amide bonds. The molecular weight excluding hydrogens is 366 g/mol. The highest BCUT2D eigenvalue weighted by Gasteiger charge is 2.08. The summed E-state index contributed by atoms with van der Waals surface area (Å²) in [7, 11) is 1.74. The highest BCUT2D eigenvalue weighted by Crippen LogP contribution is 2.18. The fourth-order valence-corrected chi connectivity index (χ4v) is 2.59. The molecule has 0 atom stereocenters. The number of aliphatic imine (C=N–C) groups is 1. The van der Waals surface area contributed by atoms with Crippen molar-refractivity contribution in [3.05, 3.63) is 53.6 Å². The second kappa shape index (κ2) is 9.72. The molecule has 0 aliphatic heterocycles. The molecule has 0 unspecified atom stereocenters. The summed E-state index contributed by atoms with van der Waals surface area (Å²) < 4.78 is 7.21. The first-order chi connectivity index (χ1) is 13.2. The van der Waals surface area contributed by atoms with Gasteiger partial charge in [0.2, 0.25) is 11.7 Å². The van der Waals surface area contributed by atoms with E-state index in [1.807, 2.05) is 29.1 Å². The Balaban J connectivity index is 1.38. The molecular formula is C18H22ClN7O. The third-order valence-corrected chi connectivity index (χ3v) is 4.09. The molecule has 2 heterocycles. The van der Waals surface area contributed by atoms with E-state index < -0.39 is 0 Å². The van der Waals surface area contributed by atoms with Crippen LogP contribution in [0.1, 0.15) is 12.3 Å². The Morgan fingerprint density at radius 1 is 1.22 bits per heavy atom. The minimum Gasteiger partial charge on any atom is -0.356 e. The molecule has 0 fully saturated rings. The molecule has 3 aromatic rings. The molecule has 3 rings (SSSR count). The van der Waals surface area contributed by atoms with Gasteiger partial charge in [-0.1, -0.05) is 16.8 Å². The smallest absolute Gasteiger partial charge is 0.228 e. The topological polar surface area (TPSA) is 93.2 Å². The van der Waals surface area contributed by atoms with E-state index in [9.17, 15) is 0 Å². The van der Waals surface area contributed by atoms with Crippen LogP contribution >= 0.6 is 11.6 Å². The summed E-state index contributed by atoms with van der Waals surface area (Å²) in [6.07, 6.45) is 5.30. The van der Waals surface area contributed by atoms with Crippen molar-refractivity contribution in [3.63, 3.8) is 0 Å². The minimum atomic E-state index is 0.558.